The molecule has 0 rings (SSSR count). The van der Waals surface area contributed by atoms with Gasteiger partial charge in [0, 0.05) is 0 Å². The van der Waals surface area contributed by atoms with Crippen LogP contribution in [-0.4, -0.2) is 71.0 Å². The minimum atomic E-state index is -1.58. The molecule has 0 aliphatic heterocycles. The molecule has 0 saturated carbocycles. The first-order valence-corrected chi connectivity index (χ1v) is 3.48. The number of rotatable bonds is 4. The zero-order valence-electron chi connectivity index (χ0n) is 6.63. The van der Waals surface area contributed by atoms with Gasteiger partial charge >= 0.3 is 60.8 Å². The molecule has 5 heteroatoms. The second-order valence-corrected chi connectivity index (χ2v) is 2.40. The van der Waals surface area contributed by atoms with Crippen molar-refractivity contribution in [1.82, 2.24) is 0 Å². The van der Waals surface area contributed by atoms with Gasteiger partial charge in [-0.15, -0.1) is 0 Å². The number of carbonyl (C=O) groups is 2. The molecule has 12 heavy (non-hydrogen) atoms. The predicted octanol–water partition coefficient (Wildman–Crippen LogP) is 0.0458. The molecule has 0 heterocycles. The molecular weight excluding hydrogens is 285 g/mol. The van der Waals surface area contributed by atoms with Crippen LogP contribution in [-0.2, 0) is 9.59 Å². The van der Waals surface area contributed by atoms with E-state index in [0.717, 1.165) is 0 Å². The van der Waals surface area contributed by atoms with Crippen molar-refractivity contribution in [2.75, 3.05) is 0 Å². The van der Waals surface area contributed by atoms with Crippen LogP contribution in [0.4, 0.5) is 0 Å². The summed E-state index contributed by atoms with van der Waals surface area (Å²) in [6, 6.07) is 0. The normalized spacial score (nSPS) is 10.2. The molecule has 0 spiro atoms. The zero-order chi connectivity index (χ0) is 9.07. The number of aliphatic carboxylic acids is 2. The SMILES string of the molecule is CCC(CC)(C(=O)O)C(=O)O.[BaH2]. The molecule has 0 radical (unpaired) electrons. The van der Waals surface area contributed by atoms with E-state index in [1.165, 1.54) is 0 Å². The first-order chi connectivity index (χ1) is 5.01. The molecule has 68 valence electrons. The second kappa shape index (κ2) is 6.04. The van der Waals surface area contributed by atoms with E-state index >= 15 is 0 Å². The van der Waals surface area contributed by atoms with Crippen molar-refractivity contribution in [1.29, 1.82) is 0 Å². The monoisotopic (exact) mass is 300 g/mol. The molecule has 0 aromatic carbocycles. The maximum absolute atomic E-state index is 10.5. The van der Waals surface area contributed by atoms with E-state index in [1.54, 1.807) is 13.8 Å². The topological polar surface area (TPSA) is 74.6 Å². The van der Waals surface area contributed by atoms with Crippen molar-refractivity contribution in [3.05, 3.63) is 0 Å². The predicted molar refractivity (Wildman–Crippen MR) is 46.8 cm³/mol. The summed E-state index contributed by atoms with van der Waals surface area (Å²) >= 11 is 0. The van der Waals surface area contributed by atoms with Gasteiger partial charge < -0.3 is 10.2 Å². The molecule has 0 unspecified atom stereocenters. The molecule has 2 N–H and O–H groups in total. The Morgan fingerprint density at radius 3 is 1.33 bits per heavy atom. The molecule has 4 nitrogen and oxygen atoms in total. The Morgan fingerprint density at radius 1 is 1.08 bits per heavy atom. The first-order valence-electron chi connectivity index (χ1n) is 3.48. The van der Waals surface area contributed by atoms with Crippen LogP contribution >= 0.6 is 0 Å². The van der Waals surface area contributed by atoms with Crippen LogP contribution in [0.15, 0.2) is 0 Å². The van der Waals surface area contributed by atoms with Crippen LogP contribution in [0.25, 0.3) is 0 Å². The quantitative estimate of drug-likeness (QED) is 0.568. The Balaban J connectivity index is 0. The van der Waals surface area contributed by atoms with E-state index in [2.05, 4.69) is 0 Å². The Bertz CT molecular complexity index is 158. The summed E-state index contributed by atoms with van der Waals surface area (Å²) in [6.45, 7) is 3.12. The number of hydrogen-bond acceptors (Lipinski definition) is 2. The van der Waals surface area contributed by atoms with Crippen LogP contribution < -0.4 is 0 Å². The summed E-state index contributed by atoms with van der Waals surface area (Å²) < 4.78 is 0. The van der Waals surface area contributed by atoms with Crippen LogP contribution in [0.5, 0.6) is 0 Å². The van der Waals surface area contributed by atoms with Crippen LogP contribution in [0.1, 0.15) is 26.7 Å². The third kappa shape index (κ3) is 2.78. The molecule has 0 saturated heterocycles. The van der Waals surface area contributed by atoms with E-state index < -0.39 is 17.4 Å². The van der Waals surface area contributed by atoms with E-state index in [0.29, 0.717) is 0 Å². The van der Waals surface area contributed by atoms with Crippen LogP contribution in [0, 0.1) is 5.41 Å². The van der Waals surface area contributed by atoms with Crippen LogP contribution in [0.3, 0.4) is 0 Å². The number of carboxylic acids is 2. The van der Waals surface area contributed by atoms with Crippen molar-refractivity contribution in [2.24, 2.45) is 5.41 Å². The van der Waals surface area contributed by atoms with E-state index in [9.17, 15) is 9.59 Å². The van der Waals surface area contributed by atoms with Gasteiger partial charge in [-0.3, -0.25) is 9.59 Å². The van der Waals surface area contributed by atoms with Gasteiger partial charge in [0.1, 0.15) is 0 Å². The molecule has 0 bridgehead atoms. The van der Waals surface area contributed by atoms with Crippen LogP contribution in [0.2, 0.25) is 0 Å². The Hall–Kier alpha value is 0.511. The fraction of sp³-hybridized carbons (Fsp3) is 0.714. The molecule has 0 aliphatic carbocycles. The number of carboxylic acid groups (broad SMARTS) is 2. The Morgan fingerprint density at radius 2 is 1.33 bits per heavy atom. The molecule has 0 aliphatic rings. The van der Waals surface area contributed by atoms with Gasteiger partial charge in [-0.25, -0.2) is 0 Å². The van der Waals surface area contributed by atoms with Crippen molar-refractivity contribution in [2.45, 2.75) is 26.7 Å². The van der Waals surface area contributed by atoms with Gasteiger partial charge in [-0.1, -0.05) is 13.8 Å². The van der Waals surface area contributed by atoms with Gasteiger partial charge in [-0.2, -0.15) is 0 Å². The molecular formula is C7H14BaO4. The minimum absolute atomic E-state index is 0. The molecule has 0 amide bonds. The van der Waals surface area contributed by atoms with Gasteiger partial charge in [0.15, 0.2) is 5.41 Å². The summed E-state index contributed by atoms with van der Waals surface area (Å²) in [6.07, 6.45) is 0.238. The summed E-state index contributed by atoms with van der Waals surface area (Å²) in [5, 5.41) is 17.2. The van der Waals surface area contributed by atoms with Crippen molar-refractivity contribution in [3.8, 4) is 0 Å². The summed E-state index contributed by atoms with van der Waals surface area (Å²) in [7, 11) is 0. The molecule has 0 atom stereocenters. The third-order valence-electron chi connectivity index (χ3n) is 2.03. The number of hydrogen-bond donors (Lipinski definition) is 2. The summed E-state index contributed by atoms with van der Waals surface area (Å²) in [4.78, 5) is 21.1. The Labute approximate surface area is 111 Å². The molecule has 0 aromatic rings. The second-order valence-electron chi connectivity index (χ2n) is 2.40. The van der Waals surface area contributed by atoms with Gasteiger partial charge in [0.05, 0.1) is 0 Å². The summed E-state index contributed by atoms with van der Waals surface area (Å²) in [5.74, 6) is -2.51. The average molecular weight is 300 g/mol. The fourth-order valence-corrected chi connectivity index (χ4v) is 0.946. The van der Waals surface area contributed by atoms with E-state index in [1.807, 2.05) is 0 Å². The van der Waals surface area contributed by atoms with E-state index in [4.69, 9.17) is 10.2 Å². The standard InChI is InChI=1S/C7H12O4.Ba.2H/c1-3-7(4-2,5(8)9)6(10)11;;;/h3-4H2,1-2H3,(H,8,9)(H,10,11);;;. The fourth-order valence-electron chi connectivity index (χ4n) is 0.946. The maximum atomic E-state index is 10.5. The van der Waals surface area contributed by atoms with Gasteiger partial charge in [-0.05, 0) is 12.8 Å². The molecule has 0 fully saturated rings. The zero-order valence-corrected chi connectivity index (χ0v) is 6.63. The summed E-state index contributed by atoms with van der Waals surface area (Å²) in [5.41, 5.74) is -1.58. The van der Waals surface area contributed by atoms with Gasteiger partial charge in [0.25, 0.3) is 0 Å². The Kier molecular flexibility index (Phi) is 7.55. The average Bonchev–Trinajstić information content (AvgIpc) is 1.90. The van der Waals surface area contributed by atoms with Crippen molar-refractivity contribution >= 4 is 60.8 Å². The third-order valence-corrected chi connectivity index (χ3v) is 2.03. The molecule has 0 aromatic heterocycles. The first kappa shape index (κ1) is 15.0. The van der Waals surface area contributed by atoms with Crippen molar-refractivity contribution < 1.29 is 19.8 Å². The van der Waals surface area contributed by atoms with Crippen molar-refractivity contribution in [3.63, 3.8) is 0 Å². The van der Waals surface area contributed by atoms with E-state index in [-0.39, 0.29) is 61.7 Å². The van der Waals surface area contributed by atoms with Gasteiger partial charge in [0.2, 0.25) is 0 Å².